The molecule has 2 unspecified atom stereocenters. The highest BCUT2D eigenvalue weighted by molar-refractivity contribution is 7.93. The van der Waals surface area contributed by atoms with E-state index in [4.69, 9.17) is 4.74 Å². The fourth-order valence-electron chi connectivity index (χ4n) is 6.52. The average molecular weight is 731 g/mol. The normalized spacial score (nSPS) is 17.1. The van der Waals surface area contributed by atoms with E-state index >= 15 is 0 Å². The molecule has 1 aliphatic rings. The van der Waals surface area contributed by atoms with Gasteiger partial charge in [-0.1, -0.05) is 86.3 Å². The van der Waals surface area contributed by atoms with Crippen LogP contribution in [0.25, 0.3) is 0 Å². The molecule has 0 saturated carbocycles. The predicted molar refractivity (Wildman–Crippen MR) is 201 cm³/mol. The summed E-state index contributed by atoms with van der Waals surface area (Å²) in [6.07, 6.45) is 3.64. The maximum atomic E-state index is 13.4. The number of hydrogen-bond donors (Lipinski definition) is 3. The molecule has 0 radical (unpaired) electrons. The number of benzene rings is 4. The Morgan fingerprint density at radius 2 is 1.31 bits per heavy atom. The van der Waals surface area contributed by atoms with Gasteiger partial charge in [0, 0.05) is 17.3 Å². The Kier molecular flexibility index (Phi) is 11.6. The number of rotatable bonds is 15. The van der Waals surface area contributed by atoms with E-state index < -0.39 is 37.3 Å². The van der Waals surface area contributed by atoms with Crippen LogP contribution < -0.4 is 9.44 Å². The Labute approximate surface area is 301 Å². The Balaban J connectivity index is 1.41. The number of aliphatic hydroxyl groups excluding tert-OH is 1. The van der Waals surface area contributed by atoms with Crippen molar-refractivity contribution in [3.8, 4) is 0 Å². The second-order valence-electron chi connectivity index (χ2n) is 13.3. The molecular formula is C40H46N2O7S2. The van der Waals surface area contributed by atoms with Gasteiger partial charge in [0.05, 0.1) is 20.8 Å². The fraction of sp³-hybridized carbons (Fsp3) is 0.325. The molecule has 5 rings (SSSR count). The molecule has 3 N–H and O–H groups in total. The number of cyclic esters (lactones) is 1. The van der Waals surface area contributed by atoms with Crippen molar-refractivity contribution in [2.75, 3.05) is 16.1 Å². The van der Waals surface area contributed by atoms with Crippen molar-refractivity contribution in [2.45, 2.75) is 81.9 Å². The van der Waals surface area contributed by atoms with E-state index in [2.05, 4.69) is 16.4 Å². The topological polar surface area (TPSA) is 139 Å². The lowest BCUT2D eigenvalue weighted by molar-refractivity contribution is -0.147. The van der Waals surface area contributed by atoms with Crippen molar-refractivity contribution in [1.29, 1.82) is 0 Å². The first-order chi connectivity index (χ1) is 24.3. The van der Waals surface area contributed by atoms with Gasteiger partial charge in [0.2, 0.25) is 0 Å². The third-order valence-electron chi connectivity index (χ3n) is 9.50. The lowest BCUT2D eigenvalue weighted by Gasteiger charge is -2.39. The van der Waals surface area contributed by atoms with Crippen LogP contribution in [-0.2, 0) is 36.0 Å². The minimum Gasteiger partial charge on any atom is -0.511 e. The number of carbonyl (C=O) groups excluding carboxylic acids is 1. The molecule has 4 aromatic carbocycles. The summed E-state index contributed by atoms with van der Waals surface area (Å²) in [5.41, 5.74) is 3.52. The number of aryl methyl sites for hydroxylation is 3. The molecule has 0 bridgehead atoms. The van der Waals surface area contributed by atoms with E-state index in [0.717, 1.165) is 29.5 Å². The number of hydrogen-bond acceptors (Lipinski definition) is 7. The first-order valence-corrected chi connectivity index (χ1v) is 20.2. The van der Waals surface area contributed by atoms with Crippen molar-refractivity contribution in [1.82, 2.24) is 0 Å². The summed E-state index contributed by atoms with van der Waals surface area (Å²) in [6.45, 7) is 7.77. The number of carbonyl (C=O) groups is 1. The van der Waals surface area contributed by atoms with Gasteiger partial charge >= 0.3 is 5.97 Å². The van der Waals surface area contributed by atoms with Gasteiger partial charge in [-0.25, -0.2) is 21.6 Å². The molecule has 4 aromatic rings. The Morgan fingerprint density at radius 1 is 0.765 bits per heavy atom. The Hall–Kier alpha value is -4.61. The van der Waals surface area contributed by atoms with Crippen molar-refractivity contribution in [2.24, 2.45) is 5.41 Å². The zero-order chi connectivity index (χ0) is 36.8. The van der Waals surface area contributed by atoms with E-state index in [9.17, 15) is 26.7 Å². The molecule has 0 aliphatic carbocycles. The van der Waals surface area contributed by atoms with Crippen LogP contribution in [-0.4, -0.2) is 34.5 Å². The largest absolute Gasteiger partial charge is 0.511 e. The monoisotopic (exact) mass is 730 g/mol. The van der Waals surface area contributed by atoms with Gasteiger partial charge in [0.1, 0.15) is 12.4 Å². The first kappa shape index (κ1) is 37.6. The molecule has 11 heteroatoms. The van der Waals surface area contributed by atoms with Gasteiger partial charge in [0.15, 0.2) is 0 Å². The quantitative estimate of drug-likeness (QED) is 0.104. The second-order valence-corrected chi connectivity index (χ2v) is 16.7. The lowest BCUT2D eigenvalue weighted by atomic mass is 9.71. The highest BCUT2D eigenvalue weighted by Gasteiger charge is 2.45. The molecule has 9 nitrogen and oxygen atoms in total. The van der Waals surface area contributed by atoms with Crippen molar-refractivity contribution >= 4 is 37.4 Å². The van der Waals surface area contributed by atoms with Crippen LogP contribution in [0.15, 0.2) is 118 Å². The van der Waals surface area contributed by atoms with Crippen LogP contribution in [0.3, 0.4) is 0 Å². The number of esters is 1. The van der Waals surface area contributed by atoms with Crippen molar-refractivity contribution in [3.05, 3.63) is 131 Å². The molecule has 270 valence electrons. The molecule has 2 atom stereocenters. The van der Waals surface area contributed by atoms with Crippen LogP contribution in [0, 0.1) is 19.3 Å². The van der Waals surface area contributed by atoms with Gasteiger partial charge in [-0.15, -0.1) is 0 Å². The summed E-state index contributed by atoms with van der Waals surface area (Å²) in [7, 11) is -7.65. The molecule has 0 fully saturated rings. The fourth-order valence-corrected chi connectivity index (χ4v) is 8.62. The Bertz CT molecular complexity index is 2110. The third-order valence-corrected chi connectivity index (χ3v) is 12.3. The molecule has 1 aliphatic heterocycles. The number of sulfonamides is 2. The summed E-state index contributed by atoms with van der Waals surface area (Å²) in [6, 6.07) is 27.3. The minimum absolute atomic E-state index is 0.000850. The number of unbranched alkanes of at least 4 members (excludes halogenated alkanes) is 1. The highest BCUT2D eigenvalue weighted by atomic mass is 32.2. The van der Waals surface area contributed by atoms with Crippen LogP contribution >= 0.6 is 0 Å². The number of aliphatic hydroxyl groups is 1. The minimum atomic E-state index is -3.86. The summed E-state index contributed by atoms with van der Waals surface area (Å²) >= 11 is 0. The summed E-state index contributed by atoms with van der Waals surface area (Å²) < 4.78 is 63.5. The molecule has 0 saturated heterocycles. The van der Waals surface area contributed by atoms with E-state index in [0.29, 0.717) is 42.6 Å². The summed E-state index contributed by atoms with van der Waals surface area (Å²) in [4.78, 5) is 13.7. The molecular weight excluding hydrogens is 685 g/mol. The van der Waals surface area contributed by atoms with E-state index in [-0.39, 0.29) is 27.7 Å². The van der Waals surface area contributed by atoms with E-state index in [1.807, 2.05) is 32.9 Å². The van der Waals surface area contributed by atoms with Crippen LogP contribution in [0.2, 0.25) is 0 Å². The summed E-state index contributed by atoms with van der Waals surface area (Å²) in [5, 5.41) is 12.1. The number of anilines is 2. The smallest absolute Gasteiger partial charge is 0.338 e. The average Bonchev–Trinajstić information content (AvgIpc) is 3.10. The SMILES string of the molecule is CCCCC1(CCc2cccc(NS(=O)(=O)c3ccc(C)cc3)c2)COC(=O)C(C(CC)c2cccc(NS(=O)(=O)c3ccc(C)cc3)c2)=C1O. The van der Waals surface area contributed by atoms with Crippen molar-refractivity contribution < 1.29 is 31.5 Å². The van der Waals surface area contributed by atoms with Gasteiger partial charge in [-0.3, -0.25) is 9.44 Å². The zero-order valence-electron chi connectivity index (χ0n) is 29.5. The number of ether oxygens (including phenoxy) is 1. The zero-order valence-corrected chi connectivity index (χ0v) is 31.1. The molecule has 1 heterocycles. The summed E-state index contributed by atoms with van der Waals surface area (Å²) in [5.74, 6) is -1.15. The molecule has 0 spiro atoms. The predicted octanol–water partition coefficient (Wildman–Crippen LogP) is 8.58. The van der Waals surface area contributed by atoms with Gasteiger partial charge in [0.25, 0.3) is 20.0 Å². The van der Waals surface area contributed by atoms with Gasteiger partial charge in [-0.05, 0) is 99.2 Å². The van der Waals surface area contributed by atoms with Crippen LogP contribution in [0.5, 0.6) is 0 Å². The van der Waals surface area contributed by atoms with E-state index in [1.54, 1.807) is 84.9 Å². The Morgan fingerprint density at radius 3 is 1.86 bits per heavy atom. The van der Waals surface area contributed by atoms with Gasteiger partial charge < -0.3 is 9.84 Å². The van der Waals surface area contributed by atoms with Crippen LogP contribution in [0.4, 0.5) is 11.4 Å². The second kappa shape index (κ2) is 15.7. The maximum Gasteiger partial charge on any atom is 0.338 e. The lowest BCUT2D eigenvalue weighted by Crippen LogP contribution is -2.39. The first-order valence-electron chi connectivity index (χ1n) is 17.3. The van der Waals surface area contributed by atoms with Crippen molar-refractivity contribution in [3.63, 3.8) is 0 Å². The standard InChI is InChI=1S/C40H46N2O7S2/c1-5-7-23-40(24-22-30-10-8-12-32(25-30)41-50(45,46)34-18-14-28(3)15-19-34)27-49-39(44)37(38(40)43)36(6-2)31-11-9-13-33(26-31)42-51(47,48)35-20-16-29(4)17-21-35/h8-21,25-26,36,41-43H,5-7,22-24,27H2,1-4H3. The molecule has 0 amide bonds. The number of nitrogens with one attached hydrogen (secondary N) is 2. The molecule has 0 aromatic heterocycles. The third kappa shape index (κ3) is 8.83. The van der Waals surface area contributed by atoms with Gasteiger partial charge in [-0.2, -0.15) is 0 Å². The highest BCUT2D eigenvalue weighted by Crippen LogP contribution is 2.46. The maximum absolute atomic E-state index is 13.4. The van der Waals surface area contributed by atoms with Crippen LogP contribution in [0.1, 0.15) is 74.1 Å². The molecule has 51 heavy (non-hydrogen) atoms. The van der Waals surface area contributed by atoms with E-state index in [1.165, 1.54) is 0 Å².